The second-order valence-electron chi connectivity index (χ2n) is 8.40. The Morgan fingerprint density at radius 2 is 1.81 bits per heavy atom. The molecule has 0 aromatic heterocycles. The van der Waals surface area contributed by atoms with E-state index in [4.69, 9.17) is 9.47 Å². The number of nitrogens with one attached hydrogen (secondary N) is 1. The van der Waals surface area contributed by atoms with E-state index >= 15 is 0 Å². The number of carbonyl (C=O) groups excluding carboxylic acids is 1. The van der Waals surface area contributed by atoms with Gasteiger partial charge in [-0.05, 0) is 48.4 Å². The zero-order chi connectivity index (χ0) is 22.2. The normalized spacial score (nSPS) is 14.9. The Morgan fingerprint density at radius 1 is 1.03 bits per heavy atom. The van der Waals surface area contributed by atoms with E-state index in [1.54, 1.807) is 7.11 Å². The SMILES string of the molecule is COc1cccc(CN2CCC(NC(=O)CCCOc3cccc4ccccc34)CC2)c1. The van der Waals surface area contributed by atoms with E-state index in [0.717, 1.165) is 49.4 Å². The smallest absolute Gasteiger partial charge is 0.220 e. The third kappa shape index (κ3) is 6.01. The zero-order valence-electron chi connectivity index (χ0n) is 18.8. The summed E-state index contributed by atoms with van der Waals surface area (Å²) in [4.78, 5) is 14.8. The Kier molecular flexibility index (Phi) is 7.62. The first kappa shape index (κ1) is 22.2. The van der Waals surface area contributed by atoms with Crippen molar-refractivity contribution in [1.29, 1.82) is 0 Å². The number of ether oxygens (including phenoxy) is 2. The van der Waals surface area contributed by atoms with Gasteiger partial charge < -0.3 is 14.8 Å². The van der Waals surface area contributed by atoms with Crippen LogP contribution in [-0.2, 0) is 11.3 Å². The largest absolute Gasteiger partial charge is 0.497 e. The molecule has 0 radical (unpaired) electrons. The van der Waals surface area contributed by atoms with Crippen molar-refractivity contribution in [1.82, 2.24) is 10.2 Å². The van der Waals surface area contributed by atoms with Gasteiger partial charge in [-0.2, -0.15) is 0 Å². The predicted octanol–water partition coefficient (Wildman–Crippen LogP) is 4.79. The highest BCUT2D eigenvalue weighted by molar-refractivity contribution is 5.88. The van der Waals surface area contributed by atoms with Crippen LogP contribution in [0.3, 0.4) is 0 Å². The quantitative estimate of drug-likeness (QED) is 0.494. The lowest BCUT2D eigenvalue weighted by Gasteiger charge is -2.32. The van der Waals surface area contributed by atoms with Crippen LogP contribution in [0.5, 0.6) is 11.5 Å². The molecule has 1 N–H and O–H groups in total. The number of carbonyl (C=O) groups is 1. The molecule has 0 unspecified atom stereocenters. The van der Waals surface area contributed by atoms with Gasteiger partial charge in [0.05, 0.1) is 13.7 Å². The van der Waals surface area contributed by atoms with Gasteiger partial charge in [0.25, 0.3) is 0 Å². The summed E-state index contributed by atoms with van der Waals surface area (Å²) in [6, 6.07) is 22.8. The molecule has 1 aliphatic rings. The minimum Gasteiger partial charge on any atom is -0.497 e. The minimum atomic E-state index is 0.123. The van der Waals surface area contributed by atoms with Crippen LogP contribution in [0.25, 0.3) is 10.8 Å². The molecule has 0 aliphatic carbocycles. The molecule has 0 bridgehead atoms. The van der Waals surface area contributed by atoms with Crippen molar-refractivity contribution < 1.29 is 14.3 Å². The maximum atomic E-state index is 12.4. The summed E-state index contributed by atoms with van der Waals surface area (Å²) in [6.07, 6.45) is 3.18. The summed E-state index contributed by atoms with van der Waals surface area (Å²) in [5.74, 6) is 1.90. The van der Waals surface area contributed by atoms with Gasteiger partial charge in [-0.25, -0.2) is 0 Å². The molecular formula is C27H32N2O3. The first-order chi connectivity index (χ1) is 15.7. The molecule has 3 aromatic rings. The highest BCUT2D eigenvalue weighted by Gasteiger charge is 2.20. The van der Waals surface area contributed by atoms with Gasteiger partial charge in [0, 0.05) is 37.5 Å². The first-order valence-corrected chi connectivity index (χ1v) is 11.5. The summed E-state index contributed by atoms with van der Waals surface area (Å²) < 4.78 is 11.3. The van der Waals surface area contributed by atoms with Gasteiger partial charge in [0.15, 0.2) is 0 Å². The van der Waals surface area contributed by atoms with E-state index in [-0.39, 0.29) is 11.9 Å². The van der Waals surface area contributed by atoms with Gasteiger partial charge in [0.1, 0.15) is 11.5 Å². The maximum Gasteiger partial charge on any atom is 0.220 e. The van der Waals surface area contributed by atoms with Crippen LogP contribution >= 0.6 is 0 Å². The first-order valence-electron chi connectivity index (χ1n) is 11.5. The summed E-state index contributed by atoms with van der Waals surface area (Å²) in [5.41, 5.74) is 1.26. The average molecular weight is 433 g/mol. The number of amides is 1. The van der Waals surface area contributed by atoms with E-state index < -0.39 is 0 Å². The predicted molar refractivity (Wildman–Crippen MR) is 128 cm³/mol. The molecule has 4 rings (SSSR count). The van der Waals surface area contributed by atoms with E-state index in [2.05, 4.69) is 40.5 Å². The molecule has 0 spiro atoms. The number of benzene rings is 3. The van der Waals surface area contributed by atoms with Crippen molar-refractivity contribution in [3.05, 3.63) is 72.3 Å². The van der Waals surface area contributed by atoms with Crippen LogP contribution in [0.1, 0.15) is 31.2 Å². The molecular weight excluding hydrogens is 400 g/mol. The van der Waals surface area contributed by atoms with Gasteiger partial charge in [-0.1, -0.05) is 48.5 Å². The molecule has 1 saturated heterocycles. The molecule has 0 saturated carbocycles. The van der Waals surface area contributed by atoms with Crippen molar-refractivity contribution in [3.8, 4) is 11.5 Å². The number of likely N-dealkylation sites (tertiary alicyclic amines) is 1. The molecule has 5 heteroatoms. The summed E-state index contributed by atoms with van der Waals surface area (Å²) in [6.45, 7) is 3.45. The van der Waals surface area contributed by atoms with Gasteiger partial charge in [-0.3, -0.25) is 9.69 Å². The number of methoxy groups -OCH3 is 1. The van der Waals surface area contributed by atoms with Crippen LogP contribution in [0.15, 0.2) is 66.7 Å². The van der Waals surface area contributed by atoms with Gasteiger partial charge in [-0.15, -0.1) is 0 Å². The number of nitrogens with zero attached hydrogens (tertiary/aromatic N) is 1. The van der Waals surface area contributed by atoms with Crippen LogP contribution in [0.4, 0.5) is 0 Å². The van der Waals surface area contributed by atoms with Crippen LogP contribution in [-0.4, -0.2) is 43.7 Å². The summed E-state index contributed by atoms with van der Waals surface area (Å²) in [5, 5.41) is 5.49. The van der Waals surface area contributed by atoms with E-state index in [1.807, 2.05) is 36.4 Å². The average Bonchev–Trinajstić information content (AvgIpc) is 2.83. The van der Waals surface area contributed by atoms with Crippen LogP contribution in [0.2, 0.25) is 0 Å². The Bertz CT molecular complexity index is 1020. The molecule has 1 amide bonds. The monoisotopic (exact) mass is 432 g/mol. The fraction of sp³-hybridized carbons (Fsp3) is 0.370. The molecule has 168 valence electrons. The summed E-state index contributed by atoms with van der Waals surface area (Å²) in [7, 11) is 1.70. The Labute approximate surface area is 190 Å². The van der Waals surface area contributed by atoms with E-state index in [0.29, 0.717) is 19.4 Å². The molecule has 32 heavy (non-hydrogen) atoms. The second kappa shape index (κ2) is 11.0. The molecule has 1 heterocycles. The minimum absolute atomic E-state index is 0.123. The van der Waals surface area contributed by atoms with Crippen molar-refractivity contribution in [3.63, 3.8) is 0 Å². The fourth-order valence-corrected chi connectivity index (χ4v) is 4.30. The standard InChI is InChI=1S/C27H32N2O3/c1-31-24-10-4-7-21(19-24)20-29-16-14-23(15-17-29)28-27(30)13-6-18-32-26-12-5-9-22-8-2-3-11-25(22)26/h2-5,7-12,19,23H,6,13-18,20H2,1H3,(H,28,30). The van der Waals surface area contributed by atoms with Crippen molar-refractivity contribution in [2.24, 2.45) is 0 Å². The number of hydrogen-bond donors (Lipinski definition) is 1. The number of fused-ring (bicyclic) bond motifs is 1. The van der Waals surface area contributed by atoms with Crippen LogP contribution in [0, 0.1) is 0 Å². The highest BCUT2D eigenvalue weighted by atomic mass is 16.5. The molecule has 5 nitrogen and oxygen atoms in total. The Balaban J connectivity index is 1.15. The fourth-order valence-electron chi connectivity index (χ4n) is 4.30. The molecule has 0 atom stereocenters. The topological polar surface area (TPSA) is 50.8 Å². The Morgan fingerprint density at radius 3 is 2.66 bits per heavy atom. The van der Waals surface area contributed by atoms with Crippen molar-refractivity contribution >= 4 is 16.7 Å². The summed E-state index contributed by atoms with van der Waals surface area (Å²) >= 11 is 0. The lowest BCUT2D eigenvalue weighted by Crippen LogP contribution is -2.44. The van der Waals surface area contributed by atoms with E-state index in [9.17, 15) is 4.79 Å². The van der Waals surface area contributed by atoms with Crippen molar-refractivity contribution in [2.75, 3.05) is 26.8 Å². The molecule has 1 aliphatic heterocycles. The molecule has 1 fully saturated rings. The lowest BCUT2D eigenvalue weighted by atomic mass is 10.0. The molecule has 3 aromatic carbocycles. The number of hydrogen-bond acceptors (Lipinski definition) is 4. The maximum absolute atomic E-state index is 12.4. The number of rotatable bonds is 9. The van der Waals surface area contributed by atoms with Crippen LogP contribution < -0.4 is 14.8 Å². The third-order valence-corrected chi connectivity index (χ3v) is 6.05. The third-order valence-electron chi connectivity index (χ3n) is 6.05. The van der Waals surface area contributed by atoms with Gasteiger partial charge >= 0.3 is 0 Å². The van der Waals surface area contributed by atoms with Gasteiger partial charge in [0.2, 0.25) is 5.91 Å². The second-order valence-corrected chi connectivity index (χ2v) is 8.40. The van der Waals surface area contributed by atoms with E-state index in [1.165, 1.54) is 10.9 Å². The van der Waals surface area contributed by atoms with Crippen molar-refractivity contribution in [2.45, 2.75) is 38.3 Å². The Hall–Kier alpha value is -3.05. The lowest BCUT2D eigenvalue weighted by molar-refractivity contribution is -0.122. The highest BCUT2D eigenvalue weighted by Crippen LogP contribution is 2.25. The zero-order valence-corrected chi connectivity index (χ0v) is 18.8. The number of piperidine rings is 1.